The number of carbonyl (C=O) groups is 2. The summed E-state index contributed by atoms with van der Waals surface area (Å²) in [4.78, 5) is 43.2. The predicted molar refractivity (Wildman–Crippen MR) is 100 cm³/mol. The molecule has 2 heterocycles. The van der Waals surface area contributed by atoms with E-state index in [2.05, 4.69) is 4.98 Å². The summed E-state index contributed by atoms with van der Waals surface area (Å²) >= 11 is 1.58. The molecule has 1 aliphatic rings. The van der Waals surface area contributed by atoms with Crippen LogP contribution in [-0.2, 0) is 9.59 Å². The van der Waals surface area contributed by atoms with Crippen molar-refractivity contribution in [3.8, 4) is 0 Å². The molecule has 0 aliphatic carbocycles. The van der Waals surface area contributed by atoms with Gasteiger partial charge in [-0.25, -0.2) is 9.78 Å². The molecule has 2 aromatic rings. The minimum absolute atomic E-state index is 0.277. The van der Waals surface area contributed by atoms with Gasteiger partial charge >= 0.3 is 5.97 Å². The van der Waals surface area contributed by atoms with E-state index in [0.29, 0.717) is 42.5 Å². The zero-order valence-electron chi connectivity index (χ0n) is 14.5. The van der Waals surface area contributed by atoms with Crippen LogP contribution in [0.3, 0.4) is 0 Å². The van der Waals surface area contributed by atoms with E-state index < -0.39 is 18.1 Å². The van der Waals surface area contributed by atoms with Crippen molar-refractivity contribution in [2.45, 2.75) is 31.3 Å². The molecule has 0 unspecified atom stereocenters. The van der Waals surface area contributed by atoms with E-state index in [-0.39, 0.29) is 11.5 Å². The third-order valence-corrected chi connectivity index (χ3v) is 5.37. The number of hydrogen-bond acceptors (Lipinski definition) is 5. The van der Waals surface area contributed by atoms with E-state index in [1.54, 1.807) is 36.0 Å². The molecule has 0 saturated carbocycles. The molecule has 3 rings (SSSR count). The lowest BCUT2D eigenvalue weighted by Crippen LogP contribution is -2.45. The van der Waals surface area contributed by atoms with Crippen LogP contribution in [0.2, 0.25) is 0 Å². The van der Waals surface area contributed by atoms with E-state index in [1.807, 2.05) is 6.26 Å². The van der Waals surface area contributed by atoms with Crippen LogP contribution in [0.15, 0.2) is 35.4 Å². The van der Waals surface area contributed by atoms with Gasteiger partial charge in [0.2, 0.25) is 5.91 Å². The number of aliphatic carboxylic acids is 1. The van der Waals surface area contributed by atoms with Crippen LogP contribution in [0, 0.1) is 0 Å². The summed E-state index contributed by atoms with van der Waals surface area (Å²) in [5.74, 6) is -0.632. The Morgan fingerprint density at radius 3 is 2.88 bits per heavy atom. The maximum atomic E-state index is 13.1. The Labute approximate surface area is 155 Å². The van der Waals surface area contributed by atoms with E-state index in [9.17, 15) is 19.5 Å². The molecule has 26 heavy (non-hydrogen) atoms. The van der Waals surface area contributed by atoms with Crippen LogP contribution in [0.4, 0.5) is 0 Å². The second kappa shape index (κ2) is 7.90. The Morgan fingerprint density at radius 1 is 1.38 bits per heavy atom. The molecular formula is C18H21N3O4S. The van der Waals surface area contributed by atoms with Gasteiger partial charge in [0, 0.05) is 6.54 Å². The molecule has 8 heteroatoms. The van der Waals surface area contributed by atoms with E-state index in [0.717, 1.165) is 0 Å². The summed E-state index contributed by atoms with van der Waals surface area (Å²) < 4.78 is 1.36. The first-order valence-corrected chi connectivity index (χ1v) is 9.92. The van der Waals surface area contributed by atoms with Crippen LogP contribution in [0.5, 0.6) is 0 Å². The number of benzene rings is 1. The largest absolute Gasteiger partial charge is 0.480 e. The van der Waals surface area contributed by atoms with Gasteiger partial charge in [0.1, 0.15) is 12.1 Å². The van der Waals surface area contributed by atoms with Crippen molar-refractivity contribution >= 4 is 34.5 Å². The highest BCUT2D eigenvalue weighted by Gasteiger charge is 2.37. The number of carboxylic acids is 1. The van der Waals surface area contributed by atoms with Crippen LogP contribution in [-0.4, -0.2) is 56.0 Å². The molecule has 0 spiro atoms. The molecule has 2 atom stereocenters. The lowest BCUT2D eigenvalue weighted by molar-refractivity contribution is -0.149. The third kappa shape index (κ3) is 3.46. The second-order valence-corrected chi connectivity index (χ2v) is 7.28. The number of carboxylic acid groups (broad SMARTS) is 1. The Balaban J connectivity index is 2.01. The van der Waals surface area contributed by atoms with Gasteiger partial charge in [-0.2, -0.15) is 11.8 Å². The lowest BCUT2D eigenvalue weighted by Gasteiger charge is -2.27. The summed E-state index contributed by atoms with van der Waals surface area (Å²) in [5.41, 5.74) is 0.301. The molecule has 1 aliphatic heterocycles. The Morgan fingerprint density at radius 2 is 2.15 bits per heavy atom. The number of carbonyl (C=O) groups excluding carboxylic acids is 1. The van der Waals surface area contributed by atoms with E-state index in [4.69, 9.17) is 0 Å². The lowest BCUT2D eigenvalue weighted by atomic mass is 10.1. The minimum atomic E-state index is -0.997. The van der Waals surface area contributed by atoms with Gasteiger partial charge in [0.05, 0.1) is 17.2 Å². The Hall–Kier alpha value is -2.35. The van der Waals surface area contributed by atoms with Gasteiger partial charge in [-0.3, -0.25) is 14.2 Å². The standard InChI is InChI=1S/C18H21N3O4S/c1-26-10-8-14(17(23)20-9-4-7-15(20)18(24)25)21-11-19-13-6-3-2-5-12(13)16(21)22/h2-3,5-6,11,14-15H,4,7-10H2,1H3,(H,24,25)/t14-,15+/m0/s1. The number of likely N-dealkylation sites (tertiary alicyclic amines) is 1. The van der Waals surface area contributed by atoms with Crippen LogP contribution < -0.4 is 5.56 Å². The van der Waals surface area contributed by atoms with Gasteiger partial charge in [-0.15, -0.1) is 0 Å². The first-order chi connectivity index (χ1) is 12.5. The molecule has 0 radical (unpaired) electrons. The Kier molecular flexibility index (Phi) is 5.61. The molecule has 0 bridgehead atoms. The van der Waals surface area contributed by atoms with Gasteiger partial charge in [0.25, 0.3) is 5.56 Å². The van der Waals surface area contributed by atoms with Crippen molar-refractivity contribution < 1.29 is 14.7 Å². The fourth-order valence-corrected chi connectivity index (χ4v) is 3.85. The summed E-state index contributed by atoms with van der Waals surface area (Å²) in [7, 11) is 0. The molecule has 1 aromatic heterocycles. The summed E-state index contributed by atoms with van der Waals surface area (Å²) in [5, 5.41) is 9.83. The summed E-state index contributed by atoms with van der Waals surface area (Å²) in [6, 6.07) is 5.44. The monoisotopic (exact) mass is 375 g/mol. The van der Waals surface area contributed by atoms with Crippen molar-refractivity contribution in [3.63, 3.8) is 0 Å². The van der Waals surface area contributed by atoms with Crippen molar-refractivity contribution in [1.82, 2.24) is 14.5 Å². The van der Waals surface area contributed by atoms with Crippen LogP contribution in [0.1, 0.15) is 25.3 Å². The molecule has 1 amide bonds. The number of thioether (sulfide) groups is 1. The molecule has 1 aromatic carbocycles. The van der Waals surface area contributed by atoms with Crippen LogP contribution >= 0.6 is 11.8 Å². The van der Waals surface area contributed by atoms with E-state index in [1.165, 1.54) is 15.8 Å². The topological polar surface area (TPSA) is 92.5 Å². The SMILES string of the molecule is CSCC[C@@H](C(=O)N1CCC[C@@H]1C(=O)O)n1cnc2ccccc2c1=O. The molecule has 1 saturated heterocycles. The third-order valence-electron chi connectivity index (χ3n) is 4.73. The molecular weight excluding hydrogens is 354 g/mol. The van der Waals surface area contributed by atoms with Gasteiger partial charge in [0.15, 0.2) is 0 Å². The number of para-hydroxylation sites is 1. The molecule has 1 fully saturated rings. The fraction of sp³-hybridized carbons (Fsp3) is 0.444. The molecule has 138 valence electrons. The van der Waals surface area contributed by atoms with Gasteiger partial charge in [-0.1, -0.05) is 12.1 Å². The predicted octanol–water partition coefficient (Wildman–Crippen LogP) is 1.77. The number of fused-ring (bicyclic) bond motifs is 1. The number of aromatic nitrogens is 2. The first-order valence-electron chi connectivity index (χ1n) is 8.52. The van der Waals surface area contributed by atoms with Crippen molar-refractivity contribution in [3.05, 3.63) is 40.9 Å². The number of amides is 1. The van der Waals surface area contributed by atoms with Crippen molar-refractivity contribution in [2.75, 3.05) is 18.6 Å². The minimum Gasteiger partial charge on any atom is -0.480 e. The highest BCUT2D eigenvalue weighted by atomic mass is 32.2. The molecule has 7 nitrogen and oxygen atoms in total. The smallest absolute Gasteiger partial charge is 0.326 e. The first kappa shape index (κ1) is 18.4. The number of rotatable bonds is 6. The summed E-state index contributed by atoms with van der Waals surface area (Å²) in [6.45, 7) is 0.404. The zero-order valence-corrected chi connectivity index (χ0v) is 15.3. The van der Waals surface area contributed by atoms with E-state index >= 15 is 0 Å². The van der Waals surface area contributed by atoms with Crippen molar-refractivity contribution in [2.24, 2.45) is 0 Å². The normalized spacial score (nSPS) is 18.2. The summed E-state index contributed by atoms with van der Waals surface area (Å²) in [6.07, 6.45) is 4.88. The van der Waals surface area contributed by atoms with Crippen molar-refractivity contribution in [1.29, 1.82) is 0 Å². The average molecular weight is 375 g/mol. The van der Waals surface area contributed by atoms with Crippen LogP contribution in [0.25, 0.3) is 10.9 Å². The second-order valence-electron chi connectivity index (χ2n) is 6.30. The average Bonchev–Trinajstić information content (AvgIpc) is 3.13. The number of hydrogen-bond donors (Lipinski definition) is 1. The quantitative estimate of drug-likeness (QED) is 0.827. The maximum absolute atomic E-state index is 13.1. The fourth-order valence-electron chi connectivity index (χ4n) is 3.39. The van der Waals surface area contributed by atoms with Gasteiger partial charge in [-0.05, 0) is 43.4 Å². The zero-order chi connectivity index (χ0) is 18.7. The highest BCUT2D eigenvalue weighted by Crippen LogP contribution is 2.24. The Bertz CT molecular complexity index is 882. The maximum Gasteiger partial charge on any atom is 0.326 e. The molecule has 1 N–H and O–H groups in total. The van der Waals surface area contributed by atoms with Gasteiger partial charge < -0.3 is 10.0 Å². The number of nitrogens with zero attached hydrogens (tertiary/aromatic N) is 3. The highest BCUT2D eigenvalue weighted by molar-refractivity contribution is 7.98.